The van der Waals surface area contributed by atoms with Crippen molar-refractivity contribution in [1.29, 1.82) is 0 Å². The van der Waals surface area contributed by atoms with Crippen molar-refractivity contribution >= 4 is 62.5 Å². The predicted molar refractivity (Wildman–Crippen MR) is 115 cm³/mol. The van der Waals surface area contributed by atoms with E-state index in [0.29, 0.717) is 26.8 Å². The molecular weight excluding hydrogens is 487 g/mol. The molecule has 0 bridgehead atoms. The summed E-state index contributed by atoms with van der Waals surface area (Å²) >= 11 is 16.6. The SMILES string of the molecule is Cn1c(COc2ccc(Cl)cc2Cl)nnc1SCC(=O)Nc1cccc(Br)c1. The highest BCUT2D eigenvalue weighted by Gasteiger charge is 2.13. The van der Waals surface area contributed by atoms with E-state index < -0.39 is 0 Å². The number of thioether (sulfide) groups is 1. The van der Waals surface area contributed by atoms with Gasteiger partial charge in [-0.05, 0) is 36.4 Å². The maximum atomic E-state index is 12.1. The fraction of sp³-hybridized carbons (Fsp3) is 0.167. The van der Waals surface area contributed by atoms with Crippen molar-refractivity contribution in [3.63, 3.8) is 0 Å². The average Bonchev–Trinajstić information content (AvgIpc) is 2.99. The number of hydrogen-bond acceptors (Lipinski definition) is 5. The molecule has 0 aliphatic rings. The Labute approximate surface area is 184 Å². The highest BCUT2D eigenvalue weighted by atomic mass is 79.9. The van der Waals surface area contributed by atoms with Gasteiger partial charge >= 0.3 is 0 Å². The van der Waals surface area contributed by atoms with Gasteiger partial charge in [0.15, 0.2) is 11.0 Å². The topological polar surface area (TPSA) is 69.0 Å². The number of carbonyl (C=O) groups is 1. The van der Waals surface area contributed by atoms with Gasteiger partial charge in [-0.25, -0.2) is 0 Å². The molecule has 2 aromatic carbocycles. The summed E-state index contributed by atoms with van der Waals surface area (Å²) in [6.45, 7) is 0.190. The third-order valence-corrected chi connectivity index (χ3v) is 5.66. The number of halogens is 3. The van der Waals surface area contributed by atoms with Gasteiger partial charge in [0.05, 0.1) is 10.8 Å². The van der Waals surface area contributed by atoms with Gasteiger partial charge < -0.3 is 14.6 Å². The first-order valence-electron chi connectivity index (χ1n) is 8.06. The molecule has 3 rings (SSSR count). The minimum atomic E-state index is -0.128. The van der Waals surface area contributed by atoms with Gasteiger partial charge in [0, 0.05) is 22.2 Å². The number of anilines is 1. The van der Waals surface area contributed by atoms with E-state index in [1.54, 1.807) is 22.8 Å². The molecule has 3 aromatic rings. The van der Waals surface area contributed by atoms with E-state index in [-0.39, 0.29) is 18.3 Å². The monoisotopic (exact) mass is 500 g/mol. The first-order chi connectivity index (χ1) is 13.4. The largest absolute Gasteiger partial charge is 0.484 e. The number of amides is 1. The molecule has 6 nitrogen and oxygen atoms in total. The van der Waals surface area contributed by atoms with E-state index in [4.69, 9.17) is 27.9 Å². The third-order valence-electron chi connectivity index (χ3n) is 3.62. The zero-order valence-corrected chi connectivity index (χ0v) is 18.6. The van der Waals surface area contributed by atoms with Gasteiger partial charge in [0.1, 0.15) is 12.4 Å². The lowest BCUT2D eigenvalue weighted by molar-refractivity contribution is -0.113. The summed E-state index contributed by atoms with van der Waals surface area (Å²) in [5.74, 6) is 1.21. The molecule has 28 heavy (non-hydrogen) atoms. The van der Waals surface area contributed by atoms with Crippen LogP contribution in [0.15, 0.2) is 52.1 Å². The van der Waals surface area contributed by atoms with E-state index in [1.165, 1.54) is 11.8 Å². The third kappa shape index (κ3) is 5.64. The van der Waals surface area contributed by atoms with Gasteiger partial charge in [-0.15, -0.1) is 10.2 Å². The average molecular weight is 502 g/mol. The lowest BCUT2D eigenvalue weighted by atomic mass is 10.3. The quantitative estimate of drug-likeness (QED) is 0.451. The van der Waals surface area contributed by atoms with Gasteiger partial charge in [-0.2, -0.15) is 0 Å². The van der Waals surface area contributed by atoms with E-state index in [1.807, 2.05) is 31.3 Å². The van der Waals surface area contributed by atoms with Crippen LogP contribution in [-0.2, 0) is 18.4 Å². The van der Waals surface area contributed by atoms with Crippen LogP contribution in [0.25, 0.3) is 0 Å². The van der Waals surface area contributed by atoms with Crippen molar-refractivity contribution in [2.75, 3.05) is 11.1 Å². The lowest BCUT2D eigenvalue weighted by Crippen LogP contribution is -2.14. The normalized spacial score (nSPS) is 10.7. The summed E-state index contributed by atoms with van der Waals surface area (Å²) in [4.78, 5) is 12.1. The van der Waals surface area contributed by atoms with E-state index >= 15 is 0 Å². The standard InChI is InChI=1S/C18H15BrCl2N4O2S/c1-25-16(9-27-15-6-5-12(20)8-14(15)21)23-24-18(25)28-10-17(26)22-13-4-2-3-11(19)7-13/h2-8H,9-10H2,1H3,(H,22,26). The Morgan fingerprint density at radius 1 is 1.25 bits per heavy atom. The van der Waals surface area contributed by atoms with Crippen LogP contribution in [-0.4, -0.2) is 26.4 Å². The number of benzene rings is 2. The smallest absolute Gasteiger partial charge is 0.234 e. The molecule has 1 amide bonds. The van der Waals surface area contributed by atoms with Crippen molar-refractivity contribution < 1.29 is 9.53 Å². The van der Waals surface area contributed by atoms with Crippen molar-refractivity contribution in [2.24, 2.45) is 7.05 Å². The van der Waals surface area contributed by atoms with Crippen LogP contribution < -0.4 is 10.1 Å². The Kier molecular flexibility index (Phi) is 7.23. The Balaban J connectivity index is 1.54. The molecule has 10 heteroatoms. The highest BCUT2D eigenvalue weighted by molar-refractivity contribution is 9.10. The second kappa shape index (κ2) is 9.65. The summed E-state index contributed by atoms with van der Waals surface area (Å²) in [5.41, 5.74) is 0.729. The number of nitrogens with one attached hydrogen (secondary N) is 1. The predicted octanol–water partition coefficient (Wildman–Crippen LogP) is 5.19. The minimum Gasteiger partial charge on any atom is -0.484 e. The molecule has 0 spiro atoms. The molecule has 1 heterocycles. The van der Waals surface area contributed by atoms with Crippen molar-refractivity contribution in [3.8, 4) is 5.75 Å². The number of hydrogen-bond donors (Lipinski definition) is 1. The summed E-state index contributed by atoms with van der Waals surface area (Å²) in [6, 6.07) is 12.4. The van der Waals surface area contributed by atoms with Crippen molar-refractivity contribution in [2.45, 2.75) is 11.8 Å². The molecule has 0 saturated heterocycles. The molecule has 0 saturated carbocycles. The second-order valence-electron chi connectivity index (χ2n) is 5.67. The van der Waals surface area contributed by atoms with Gasteiger partial charge in [0.2, 0.25) is 5.91 Å². The molecule has 0 aliphatic heterocycles. The minimum absolute atomic E-state index is 0.128. The number of nitrogens with zero attached hydrogens (tertiary/aromatic N) is 3. The maximum Gasteiger partial charge on any atom is 0.234 e. The number of rotatable bonds is 7. The fourth-order valence-corrected chi connectivity index (χ4v) is 3.82. The molecule has 0 radical (unpaired) electrons. The van der Waals surface area contributed by atoms with Gasteiger partial charge in [0.25, 0.3) is 0 Å². The molecule has 0 fully saturated rings. The molecule has 146 valence electrons. The van der Waals surface area contributed by atoms with Crippen LogP contribution >= 0.6 is 50.9 Å². The lowest BCUT2D eigenvalue weighted by Gasteiger charge is -2.08. The first kappa shape index (κ1) is 21.0. The Morgan fingerprint density at radius 2 is 2.07 bits per heavy atom. The summed E-state index contributed by atoms with van der Waals surface area (Å²) in [5, 5.41) is 12.6. The van der Waals surface area contributed by atoms with Crippen LogP contribution in [0.2, 0.25) is 10.0 Å². The maximum absolute atomic E-state index is 12.1. The second-order valence-corrected chi connectivity index (χ2v) is 8.37. The molecule has 1 aromatic heterocycles. The zero-order valence-electron chi connectivity index (χ0n) is 14.7. The molecule has 0 aliphatic carbocycles. The molecule has 0 unspecified atom stereocenters. The summed E-state index contributed by atoms with van der Waals surface area (Å²) in [6.07, 6.45) is 0. The zero-order chi connectivity index (χ0) is 20.1. The molecular formula is C18H15BrCl2N4O2S. The Bertz CT molecular complexity index is 999. The van der Waals surface area contributed by atoms with Crippen LogP contribution in [0, 0.1) is 0 Å². The van der Waals surface area contributed by atoms with Gasteiger partial charge in [-0.1, -0.05) is 57.0 Å². The van der Waals surface area contributed by atoms with Crippen LogP contribution in [0.3, 0.4) is 0 Å². The van der Waals surface area contributed by atoms with Crippen LogP contribution in [0.1, 0.15) is 5.82 Å². The van der Waals surface area contributed by atoms with Crippen LogP contribution in [0.4, 0.5) is 5.69 Å². The summed E-state index contributed by atoms with van der Waals surface area (Å²) in [7, 11) is 1.82. The van der Waals surface area contributed by atoms with E-state index in [9.17, 15) is 4.79 Å². The Morgan fingerprint density at radius 3 is 2.82 bits per heavy atom. The summed E-state index contributed by atoms with van der Waals surface area (Å²) < 4.78 is 8.36. The van der Waals surface area contributed by atoms with Crippen molar-refractivity contribution in [1.82, 2.24) is 14.8 Å². The van der Waals surface area contributed by atoms with E-state index in [0.717, 1.165) is 10.2 Å². The Hall–Kier alpha value is -1.74. The molecule has 0 atom stereocenters. The van der Waals surface area contributed by atoms with Crippen molar-refractivity contribution in [3.05, 3.63) is 62.8 Å². The molecule has 1 N–H and O–H groups in total. The highest BCUT2D eigenvalue weighted by Crippen LogP contribution is 2.28. The van der Waals surface area contributed by atoms with E-state index in [2.05, 4.69) is 31.4 Å². The first-order valence-corrected chi connectivity index (χ1v) is 10.6. The van der Waals surface area contributed by atoms with Gasteiger partial charge in [-0.3, -0.25) is 4.79 Å². The number of carbonyl (C=O) groups excluding carboxylic acids is 1. The number of ether oxygens (including phenoxy) is 1. The fourth-order valence-electron chi connectivity index (χ4n) is 2.22. The van der Waals surface area contributed by atoms with Crippen LogP contribution in [0.5, 0.6) is 5.75 Å². The number of aromatic nitrogens is 3.